The summed E-state index contributed by atoms with van der Waals surface area (Å²) in [6, 6.07) is 0.386. The summed E-state index contributed by atoms with van der Waals surface area (Å²) in [5.41, 5.74) is -0.0770. The molecular weight excluding hydrogens is 358 g/mol. The van der Waals surface area contributed by atoms with Gasteiger partial charge >= 0.3 is 0 Å². The van der Waals surface area contributed by atoms with Crippen molar-refractivity contribution in [3.8, 4) is 0 Å². The van der Waals surface area contributed by atoms with E-state index in [1.165, 1.54) is 6.42 Å². The van der Waals surface area contributed by atoms with E-state index in [-0.39, 0.29) is 11.8 Å². The van der Waals surface area contributed by atoms with Crippen molar-refractivity contribution < 1.29 is 14.6 Å². The molecule has 156 valence electrons. The minimum atomic E-state index is -0.798. The Kier molecular flexibility index (Phi) is 5.99. The molecule has 0 spiro atoms. The summed E-state index contributed by atoms with van der Waals surface area (Å²) in [6.07, 6.45) is 8.89. The summed E-state index contributed by atoms with van der Waals surface area (Å²) in [5, 5.41) is 22.5. The lowest BCUT2D eigenvalue weighted by Crippen LogP contribution is -2.58. The minimum absolute atomic E-state index is 0.0797. The molecule has 3 aliphatic heterocycles. The number of rotatable bonds is 7. The topological polar surface area (TPSA) is 92.5 Å². The number of carbonyl (C=O) groups excluding carboxylic acids is 1. The number of aliphatic hydroxyl groups is 1. The molecule has 4 fully saturated rings. The highest BCUT2D eigenvalue weighted by atomic mass is 16.5. The predicted octanol–water partition coefficient (Wildman–Crippen LogP) is 0.903. The Bertz CT molecular complexity index is 673. The zero-order chi connectivity index (χ0) is 19.6. The lowest BCUT2D eigenvalue weighted by Gasteiger charge is -2.49. The van der Waals surface area contributed by atoms with Gasteiger partial charge in [0.2, 0.25) is 5.91 Å². The lowest BCUT2D eigenvalue weighted by molar-refractivity contribution is -0.133. The molecule has 1 unspecified atom stereocenters. The predicted molar refractivity (Wildman–Crippen MR) is 103 cm³/mol. The molecule has 1 aliphatic carbocycles. The first-order chi connectivity index (χ1) is 13.6. The molecule has 0 radical (unpaired) electrons. The van der Waals surface area contributed by atoms with Crippen molar-refractivity contribution in [2.75, 3.05) is 33.4 Å². The fraction of sp³-hybridized carbons (Fsp3) is 0.850. The van der Waals surface area contributed by atoms with Gasteiger partial charge in [-0.25, -0.2) is 0 Å². The average molecular weight is 392 g/mol. The molecule has 1 saturated carbocycles. The van der Waals surface area contributed by atoms with Crippen LogP contribution in [0.1, 0.15) is 50.6 Å². The number of amides is 1. The Morgan fingerprint density at radius 1 is 1.39 bits per heavy atom. The van der Waals surface area contributed by atoms with Crippen LogP contribution >= 0.6 is 0 Å². The molecule has 3 saturated heterocycles. The maximum absolute atomic E-state index is 12.5. The van der Waals surface area contributed by atoms with Gasteiger partial charge in [0.1, 0.15) is 11.3 Å². The molecule has 2 bridgehead atoms. The van der Waals surface area contributed by atoms with Crippen LogP contribution in [-0.2, 0) is 21.7 Å². The highest BCUT2D eigenvalue weighted by Gasteiger charge is 2.43. The van der Waals surface area contributed by atoms with Crippen LogP contribution in [0.25, 0.3) is 0 Å². The van der Waals surface area contributed by atoms with Crippen LogP contribution in [-0.4, -0.2) is 70.3 Å². The Morgan fingerprint density at radius 2 is 2.21 bits per heavy atom. The second kappa shape index (κ2) is 8.47. The van der Waals surface area contributed by atoms with Gasteiger partial charge in [-0.15, -0.1) is 5.10 Å². The fourth-order valence-corrected chi connectivity index (χ4v) is 5.24. The number of nitrogens with one attached hydrogen (secondary N) is 1. The minimum Gasteiger partial charge on any atom is -0.383 e. The zero-order valence-corrected chi connectivity index (χ0v) is 16.8. The molecule has 1 aromatic heterocycles. The van der Waals surface area contributed by atoms with Crippen molar-refractivity contribution in [3.63, 3.8) is 0 Å². The van der Waals surface area contributed by atoms with E-state index in [1.54, 1.807) is 7.11 Å². The summed E-state index contributed by atoms with van der Waals surface area (Å²) in [6.45, 7) is 3.77. The summed E-state index contributed by atoms with van der Waals surface area (Å²) in [5.74, 6) is 0.673. The van der Waals surface area contributed by atoms with E-state index < -0.39 is 5.60 Å². The molecule has 8 nitrogen and oxygen atoms in total. The highest BCUT2D eigenvalue weighted by Crippen LogP contribution is 2.38. The van der Waals surface area contributed by atoms with Gasteiger partial charge in [0.25, 0.3) is 0 Å². The normalized spacial score (nSPS) is 31.6. The monoisotopic (exact) mass is 391 g/mol. The molecule has 4 atom stereocenters. The summed E-state index contributed by atoms with van der Waals surface area (Å²) >= 11 is 0. The van der Waals surface area contributed by atoms with E-state index in [2.05, 4.69) is 20.5 Å². The maximum Gasteiger partial charge on any atom is 0.224 e. The average Bonchev–Trinajstić information content (AvgIpc) is 3.19. The molecule has 28 heavy (non-hydrogen) atoms. The van der Waals surface area contributed by atoms with Crippen LogP contribution < -0.4 is 5.32 Å². The lowest BCUT2D eigenvalue weighted by atomic mass is 9.75. The molecule has 0 aromatic carbocycles. The second-order valence-electron chi connectivity index (χ2n) is 8.74. The van der Waals surface area contributed by atoms with Gasteiger partial charge in [-0.05, 0) is 38.1 Å². The van der Waals surface area contributed by atoms with Crippen molar-refractivity contribution >= 4 is 5.91 Å². The van der Waals surface area contributed by atoms with Crippen molar-refractivity contribution in [2.24, 2.45) is 11.8 Å². The Labute approximate surface area is 166 Å². The maximum atomic E-state index is 12.5. The fourth-order valence-electron chi connectivity index (χ4n) is 5.24. The third-order valence-corrected chi connectivity index (χ3v) is 6.91. The van der Waals surface area contributed by atoms with Crippen LogP contribution in [0.3, 0.4) is 0 Å². The Balaban J connectivity index is 1.34. The number of methoxy groups -OCH3 is 1. The molecule has 1 aromatic rings. The van der Waals surface area contributed by atoms with E-state index >= 15 is 0 Å². The molecule has 4 heterocycles. The van der Waals surface area contributed by atoms with Crippen LogP contribution in [0, 0.1) is 11.8 Å². The van der Waals surface area contributed by atoms with Crippen molar-refractivity contribution in [2.45, 2.75) is 63.1 Å². The van der Waals surface area contributed by atoms with Crippen molar-refractivity contribution in [1.82, 2.24) is 25.2 Å². The third-order valence-electron chi connectivity index (χ3n) is 6.91. The summed E-state index contributed by atoms with van der Waals surface area (Å²) < 4.78 is 6.91. The number of piperidine rings is 3. The number of hydrogen-bond donors (Lipinski definition) is 2. The van der Waals surface area contributed by atoms with Gasteiger partial charge in [-0.3, -0.25) is 14.4 Å². The SMILES string of the molecule is COCCNC(=O)[C@@H]1CN2CC[C@H]1C[C@@H]2Cn1cc(C2(O)CCCCC2)nn1. The standard InChI is InChI=1S/C20H33N5O3/c1-28-10-8-21-19(26)17-13-24-9-5-15(17)11-16(24)12-25-14-18(22-23-25)20(27)6-3-2-4-7-20/h14-17,27H,2-13H2,1H3,(H,21,26)/t15-,16+,17+/m0/s1. The number of hydrogen-bond acceptors (Lipinski definition) is 6. The molecule has 8 heteroatoms. The third kappa shape index (κ3) is 4.09. The van der Waals surface area contributed by atoms with Crippen LogP contribution in [0.2, 0.25) is 0 Å². The number of ether oxygens (including phenoxy) is 1. The van der Waals surface area contributed by atoms with Crippen molar-refractivity contribution in [1.29, 1.82) is 0 Å². The second-order valence-corrected chi connectivity index (χ2v) is 8.74. The largest absolute Gasteiger partial charge is 0.383 e. The number of carbonyl (C=O) groups is 1. The molecule has 2 N–H and O–H groups in total. The first kappa shape index (κ1) is 19.8. The van der Waals surface area contributed by atoms with Gasteiger partial charge in [0.15, 0.2) is 0 Å². The van der Waals surface area contributed by atoms with Gasteiger partial charge in [0.05, 0.1) is 25.3 Å². The molecule has 1 amide bonds. The van der Waals surface area contributed by atoms with E-state index in [0.717, 1.165) is 63.9 Å². The van der Waals surface area contributed by atoms with Gasteiger partial charge < -0.3 is 15.2 Å². The summed E-state index contributed by atoms with van der Waals surface area (Å²) in [7, 11) is 1.65. The quantitative estimate of drug-likeness (QED) is 0.671. The number of aromatic nitrogens is 3. The van der Waals surface area contributed by atoms with E-state index in [9.17, 15) is 9.90 Å². The zero-order valence-electron chi connectivity index (χ0n) is 16.8. The molecule has 5 rings (SSSR count). The smallest absolute Gasteiger partial charge is 0.224 e. The molecule has 4 aliphatic rings. The van der Waals surface area contributed by atoms with Gasteiger partial charge in [-0.1, -0.05) is 24.5 Å². The molecular formula is C20H33N5O3. The van der Waals surface area contributed by atoms with Gasteiger partial charge in [-0.2, -0.15) is 0 Å². The number of nitrogens with zero attached hydrogens (tertiary/aromatic N) is 4. The number of fused-ring (bicyclic) bond motifs is 3. The Morgan fingerprint density at radius 3 is 2.93 bits per heavy atom. The van der Waals surface area contributed by atoms with Crippen molar-refractivity contribution in [3.05, 3.63) is 11.9 Å². The van der Waals surface area contributed by atoms with Crippen LogP contribution in [0.5, 0.6) is 0 Å². The highest BCUT2D eigenvalue weighted by molar-refractivity contribution is 5.79. The van der Waals surface area contributed by atoms with E-state index in [1.807, 2.05) is 10.9 Å². The first-order valence-electron chi connectivity index (χ1n) is 10.7. The Hall–Kier alpha value is -1.51. The summed E-state index contributed by atoms with van der Waals surface area (Å²) in [4.78, 5) is 14.9. The van der Waals surface area contributed by atoms with E-state index in [4.69, 9.17) is 4.74 Å². The van der Waals surface area contributed by atoms with Crippen LogP contribution in [0.4, 0.5) is 0 Å². The first-order valence-corrected chi connectivity index (χ1v) is 10.7. The van der Waals surface area contributed by atoms with E-state index in [0.29, 0.717) is 25.1 Å². The van der Waals surface area contributed by atoms with Crippen LogP contribution in [0.15, 0.2) is 6.20 Å². The van der Waals surface area contributed by atoms with Gasteiger partial charge in [0, 0.05) is 26.2 Å².